The lowest BCUT2D eigenvalue weighted by Gasteiger charge is -2.26. The van der Waals surface area contributed by atoms with Crippen LogP contribution in [0.3, 0.4) is 0 Å². The minimum Gasteiger partial charge on any atom is -0.391 e. The predicted molar refractivity (Wildman–Crippen MR) is 94.5 cm³/mol. The van der Waals surface area contributed by atoms with Crippen molar-refractivity contribution in [3.8, 4) is 0 Å². The van der Waals surface area contributed by atoms with Crippen molar-refractivity contribution < 1.29 is 0 Å². The number of allylic oxidation sites excluding steroid dienone is 1. The van der Waals surface area contributed by atoms with Gasteiger partial charge in [-0.15, -0.1) is 12.6 Å². The van der Waals surface area contributed by atoms with Crippen molar-refractivity contribution in [1.82, 2.24) is 16.0 Å². The van der Waals surface area contributed by atoms with E-state index in [9.17, 15) is 0 Å². The molecule has 2 rings (SSSR count). The lowest BCUT2D eigenvalue weighted by molar-refractivity contribution is 0.341. The summed E-state index contributed by atoms with van der Waals surface area (Å²) in [5.74, 6) is 0. The van der Waals surface area contributed by atoms with Gasteiger partial charge in [0.1, 0.15) is 0 Å². The SMILES string of the molecule is C1CC1.CC/C(S)=C(\CCNC1CCC1)NC.CNC. The van der Waals surface area contributed by atoms with Crippen LogP contribution >= 0.6 is 12.6 Å². The molecule has 2 saturated carbocycles. The Bertz CT molecular complexity index is 245. The second-order valence-electron chi connectivity index (χ2n) is 5.42. The van der Waals surface area contributed by atoms with E-state index in [2.05, 4.69) is 35.5 Å². The fraction of sp³-hybridized carbons (Fsp3) is 0.875. The normalized spacial score (nSPS) is 17.6. The van der Waals surface area contributed by atoms with Crippen molar-refractivity contribution in [2.45, 2.75) is 64.3 Å². The van der Waals surface area contributed by atoms with Crippen LogP contribution in [0.1, 0.15) is 58.3 Å². The second kappa shape index (κ2) is 13.8. The first-order valence-electron chi connectivity index (χ1n) is 8.10. The molecule has 20 heavy (non-hydrogen) atoms. The summed E-state index contributed by atoms with van der Waals surface area (Å²) < 4.78 is 0. The quantitative estimate of drug-likeness (QED) is 0.569. The van der Waals surface area contributed by atoms with Crippen LogP contribution in [0, 0.1) is 0 Å². The van der Waals surface area contributed by atoms with Gasteiger partial charge in [-0.3, -0.25) is 0 Å². The third-order valence-corrected chi connectivity index (χ3v) is 3.84. The van der Waals surface area contributed by atoms with E-state index in [1.807, 2.05) is 21.1 Å². The molecule has 0 aromatic heterocycles. The average molecular weight is 302 g/mol. The summed E-state index contributed by atoms with van der Waals surface area (Å²) in [4.78, 5) is 1.18. The smallest absolute Gasteiger partial charge is 0.0211 e. The van der Waals surface area contributed by atoms with Gasteiger partial charge in [-0.25, -0.2) is 0 Å². The monoisotopic (exact) mass is 301 g/mol. The Hall–Kier alpha value is -0.190. The van der Waals surface area contributed by atoms with Crippen molar-refractivity contribution in [2.75, 3.05) is 27.7 Å². The predicted octanol–water partition coefficient (Wildman–Crippen LogP) is 3.30. The van der Waals surface area contributed by atoms with Crippen molar-refractivity contribution in [3.63, 3.8) is 0 Å². The van der Waals surface area contributed by atoms with Crippen LogP contribution in [-0.2, 0) is 0 Å². The Labute approximate surface area is 131 Å². The van der Waals surface area contributed by atoms with Gasteiger partial charge in [-0.1, -0.05) is 32.6 Å². The molecule has 0 radical (unpaired) electrons. The number of thiol groups is 1. The molecule has 3 nitrogen and oxygen atoms in total. The lowest BCUT2D eigenvalue weighted by atomic mass is 9.93. The van der Waals surface area contributed by atoms with Crippen LogP contribution in [0.25, 0.3) is 0 Å². The highest BCUT2D eigenvalue weighted by atomic mass is 32.1. The van der Waals surface area contributed by atoms with Gasteiger partial charge in [0.2, 0.25) is 0 Å². The summed E-state index contributed by atoms with van der Waals surface area (Å²) in [6, 6.07) is 0.790. The van der Waals surface area contributed by atoms with Gasteiger partial charge in [-0.05, 0) is 33.4 Å². The molecule has 4 heteroatoms. The summed E-state index contributed by atoms with van der Waals surface area (Å²) in [5, 5.41) is 9.53. The van der Waals surface area contributed by atoms with Crippen LogP contribution in [0.5, 0.6) is 0 Å². The zero-order valence-electron chi connectivity index (χ0n) is 13.9. The molecule has 0 bridgehead atoms. The first kappa shape index (κ1) is 19.8. The minimum atomic E-state index is 0.790. The molecule has 0 atom stereocenters. The van der Waals surface area contributed by atoms with Crippen molar-refractivity contribution >= 4 is 12.6 Å². The van der Waals surface area contributed by atoms with Crippen LogP contribution in [0.15, 0.2) is 10.6 Å². The maximum Gasteiger partial charge on any atom is 0.0211 e. The summed E-state index contributed by atoms with van der Waals surface area (Å²) in [6.07, 6.45) is 10.7. The van der Waals surface area contributed by atoms with E-state index in [-0.39, 0.29) is 0 Å². The highest BCUT2D eigenvalue weighted by Crippen LogP contribution is 2.18. The van der Waals surface area contributed by atoms with E-state index < -0.39 is 0 Å². The largest absolute Gasteiger partial charge is 0.391 e. The fourth-order valence-electron chi connectivity index (χ4n) is 1.64. The molecular weight excluding hydrogens is 266 g/mol. The Morgan fingerprint density at radius 1 is 1.05 bits per heavy atom. The highest BCUT2D eigenvalue weighted by Gasteiger charge is 2.15. The number of hydrogen-bond acceptors (Lipinski definition) is 4. The highest BCUT2D eigenvalue weighted by molar-refractivity contribution is 7.84. The van der Waals surface area contributed by atoms with E-state index in [1.165, 1.54) is 49.1 Å². The summed E-state index contributed by atoms with van der Waals surface area (Å²) in [7, 11) is 5.73. The molecule has 2 fully saturated rings. The Morgan fingerprint density at radius 2 is 1.60 bits per heavy atom. The maximum atomic E-state index is 4.46. The molecule has 0 aromatic rings. The third-order valence-electron chi connectivity index (χ3n) is 3.25. The number of hydrogen-bond donors (Lipinski definition) is 4. The van der Waals surface area contributed by atoms with E-state index in [1.54, 1.807) is 0 Å². The molecule has 0 spiro atoms. The second-order valence-corrected chi connectivity index (χ2v) is 5.96. The lowest BCUT2D eigenvalue weighted by Crippen LogP contribution is -2.36. The van der Waals surface area contributed by atoms with E-state index >= 15 is 0 Å². The van der Waals surface area contributed by atoms with Gasteiger partial charge in [0.05, 0.1) is 0 Å². The van der Waals surface area contributed by atoms with Gasteiger partial charge in [0.15, 0.2) is 0 Å². The van der Waals surface area contributed by atoms with Gasteiger partial charge in [0.25, 0.3) is 0 Å². The van der Waals surface area contributed by atoms with Gasteiger partial charge < -0.3 is 16.0 Å². The number of nitrogens with one attached hydrogen (secondary N) is 3. The van der Waals surface area contributed by atoms with Crippen LogP contribution in [0.2, 0.25) is 0 Å². The molecule has 0 heterocycles. The maximum absolute atomic E-state index is 4.46. The van der Waals surface area contributed by atoms with Crippen LogP contribution < -0.4 is 16.0 Å². The first-order chi connectivity index (χ1) is 9.69. The Morgan fingerprint density at radius 3 is 1.90 bits per heavy atom. The third kappa shape index (κ3) is 11.6. The summed E-state index contributed by atoms with van der Waals surface area (Å²) >= 11 is 4.46. The fourth-order valence-corrected chi connectivity index (χ4v) is 1.86. The zero-order chi connectivity index (χ0) is 15.2. The van der Waals surface area contributed by atoms with Crippen molar-refractivity contribution in [1.29, 1.82) is 0 Å². The topological polar surface area (TPSA) is 36.1 Å². The molecule has 3 N–H and O–H groups in total. The van der Waals surface area contributed by atoms with E-state index in [0.717, 1.165) is 25.4 Å². The molecule has 2 aliphatic rings. The standard InChI is InChI=1S/C11H22N2S.C3H6.C2H7N/c1-3-11(14)10(12-2)7-8-13-9-5-4-6-9;1-2-3-1;1-3-2/h9,12-14H,3-8H2,1-2H3;1-3H2;3H,1-2H3/b11-10-;;. The summed E-state index contributed by atoms with van der Waals surface area (Å²) in [5.41, 5.74) is 1.28. The van der Waals surface area contributed by atoms with Crippen LogP contribution in [0.4, 0.5) is 0 Å². The zero-order valence-corrected chi connectivity index (χ0v) is 14.8. The van der Waals surface area contributed by atoms with Gasteiger partial charge in [0, 0.05) is 36.7 Å². The molecule has 0 unspecified atom stereocenters. The first-order valence-corrected chi connectivity index (χ1v) is 8.54. The molecule has 0 amide bonds. The van der Waals surface area contributed by atoms with E-state index in [0.29, 0.717) is 0 Å². The molecule has 0 saturated heterocycles. The Kier molecular flexibility index (Phi) is 13.6. The van der Waals surface area contributed by atoms with E-state index in [4.69, 9.17) is 0 Å². The molecule has 0 aromatic carbocycles. The summed E-state index contributed by atoms with van der Waals surface area (Å²) in [6.45, 7) is 3.21. The molecule has 2 aliphatic carbocycles. The van der Waals surface area contributed by atoms with Crippen molar-refractivity contribution in [2.24, 2.45) is 0 Å². The minimum absolute atomic E-state index is 0.790. The van der Waals surface area contributed by atoms with Gasteiger partial charge >= 0.3 is 0 Å². The molecular formula is C16H35N3S. The van der Waals surface area contributed by atoms with Gasteiger partial charge in [-0.2, -0.15) is 0 Å². The molecule has 120 valence electrons. The molecule has 0 aliphatic heterocycles. The average Bonchev–Trinajstić information content (AvgIpc) is 3.25. The van der Waals surface area contributed by atoms with Crippen LogP contribution in [-0.4, -0.2) is 33.7 Å². The van der Waals surface area contributed by atoms with Crippen molar-refractivity contribution in [3.05, 3.63) is 10.6 Å². The Balaban J connectivity index is 0.000000499. The number of rotatable bonds is 6.